The monoisotopic (exact) mass is 310 g/mol. The third-order valence-corrected chi connectivity index (χ3v) is 4.63. The summed E-state index contributed by atoms with van der Waals surface area (Å²) in [6.45, 7) is 0.679. The first-order valence-corrected chi connectivity index (χ1v) is 8.23. The van der Waals surface area contributed by atoms with Crippen molar-refractivity contribution in [1.82, 2.24) is 9.88 Å². The molecule has 5 nitrogen and oxygen atoms in total. The smallest absolute Gasteiger partial charge is 0.302 e. The fourth-order valence-corrected chi connectivity index (χ4v) is 3.67. The van der Waals surface area contributed by atoms with Gasteiger partial charge < -0.3 is 9.88 Å². The maximum atomic E-state index is 12.7. The van der Waals surface area contributed by atoms with E-state index in [1.165, 1.54) is 0 Å². The van der Waals surface area contributed by atoms with Gasteiger partial charge in [0.1, 0.15) is 0 Å². The highest BCUT2D eigenvalue weighted by molar-refractivity contribution is 7.86. The zero-order valence-corrected chi connectivity index (χ0v) is 12.1. The van der Waals surface area contributed by atoms with Gasteiger partial charge in [-0.2, -0.15) is 8.42 Å². The van der Waals surface area contributed by atoms with Crippen LogP contribution in [0.2, 0.25) is 0 Å². The number of carbonyl (C=O) groups excluding carboxylic acids is 1. The molecule has 1 unspecified atom stereocenters. The molecule has 112 valence electrons. The van der Waals surface area contributed by atoms with Gasteiger partial charge in [-0.15, -0.1) is 3.89 Å². The van der Waals surface area contributed by atoms with Gasteiger partial charge in [0.2, 0.25) is 5.91 Å². The Balaban J connectivity index is 1.76. The number of amides is 1. The highest BCUT2D eigenvalue weighted by Crippen LogP contribution is 2.24. The Kier molecular flexibility index (Phi) is 3.44. The molecule has 1 atom stereocenters. The summed E-state index contributed by atoms with van der Waals surface area (Å²) < 4.78 is 34.1. The van der Waals surface area contributed by atoms with E-state index in [4.69, 9.17) is 0 Å². The highest BCUT2D eigenvalue weighted by atomic mass is 32.3. The predicted molar refractivity (Wildman–Crippen MR) is 76.7 cm³/mol. The Bertz CT molecular complexity index is 784. The largest absolute Gasteiger partial charge is 0.361 e. The van der Waals surface area contributed by atoms with Crippen LogP contribution in [0.5, 0.6) is 0 Å². The zero-order valence-electron chi connectivity index (χ0n) is 11.3. The van der Waals surface area contributed by atoms with Crippen LogP contribution in [0.25, 0.3) is 10.9 Å². The summed E-state index contributed by atoms with van der Waals surface area (Å²) in [4.78, 5) is 16.7. The molecule has 1 aliphatic heterocycles. The summed E-state index contributed by atoms with van der Waals surface area (Å²) in [6.07, 6.45) is 1.92. The van der Waals surface area contributed by atoms with Crippen LogP contribution in [0.15, 0.2) is 30.5 Å². The molecule has 21 heavy (non-hydrogen) atoms. The second-order valence-electron chi connectivity index (χ2n) is 5.41. The summed E-state index contributed by atoms with van der Waals surface area (Å²) in [6, 6.07) is 7.75. The molecule has 2 heterocycles. The third kappa shape index (κ3) is 3.07. The van der Waals surface area contributed by atoms with Gasteiger partial charge in [-0.1, -0.05) is 18.2 Å². The van der Waals surface area contributed by atoms with E-state index < -0.39 is 21.9 Å². The summed E-state index contributed by atoms with van der Waals surface area (Å²) in [5, 5.41) is 1.06. The molecular weight excluding hydrogens is 295 g/mol. The Morgan fingerprint density at radius 3 is 2.90 bits per heavy atom. The lowest BCUT2D eigenvalue weighted by molar-refractivity contribution is -0.128. The number of aromatic nitrogens is 1. The topological polar surface area (TPSA) is 70.2 Å². The van der Waals surface area contributed by atoms with Crippen molar-refractivity contribution in [2.75, 3.05) is 12.3 Å². The molecule has 1 saturated heterocycles. The number of carbonyl (C=O) groups is 1. The lowest BCUT2D eigenvalue weighted by atomic mass is 10.1. The van der Waals surface area contributed by atoms with E-state index in [0.29, 0.717) is 6.54 Å². The van der Waals surface area contributed by atoms with Crippen LogP contribution < -0.4 is 0 Å². The van der Waals surface area contributed by atoms with Crippen molar-refractivity contribution in [2.24, 2.45) is 5.92 Å². The number of hydrogen-bond donors (Lipinski definition) is 1. The Hall–Kier alpha value is -1.89. The zero-order chi connectivity index (χ0) is 15.0. The summed E-state index contributed by atoms with van der Waals surface area (Å²) in [5.41, 5.74) is 1.93. The molecule has 1 N–H and O–H groups in total. The number of likely N-dealkylation sites (tertiary alicyclic amines) is 1. The molecule has 1 fully saturated rings. The predicted octanol–water partition coefficient (Wildman–Crippen LogP) is 1.82. The van der Waals surface area contributed by atoms with Gasteiger partial charge in [0.15, 0.2) is 0 Å². The number of nitrogens with one attached hydrogen (secondary N) is 1. The molecule has 0 saturated carbocycles. The maximum Gasteiger partial charge on any atom is 0.302 e. The SMILES string of the molecule is O=C1CC(CS(=O)(=O)F)CN1Cc1cccc2cc[nH]c12. The standard InChI is InChI=1S/C14H15FN2O3S/c15-21(19,20)9-10-6-13(18)17(7-10)8-12-3-1-2-11-4-5-16-14(11)12/h1-5,10,16H,6-9H2. The first kappa shape index (κ1) is 14.1. The minimum Gasteiger partial charge on any atom is -0.361 e. The number of benzene rings is 1. The van der Waals surface area contributed by atoms with Crippen LogP contribution in [0.3, 0.4) is 0 Å². The van der Waals surface area contributed by atoms with Gasteiger partial charge in [0, 0.05) is 31.6 Å². The average Bonchev–Trinajstić information content (AvgIpc) is 2.95. The second-order valence-corrected chi connectivity index (χ2v) is 6.82. The van der Waals surface area contributed by atoms with Crippen LogP contribution in [-0.2, 0) is 21.6 Å². The van der Waals surface area contributed by atoms with Gasteiger partial charge in [-0.3, -0.25) is 4.79 Å². The number of halogens is 1. The quantitative estimate of drug-likeness (QED) is 0.876. The van der Waals surface area contributed by atoms with E-state index in [2.05, 4.69) is 4.98 Å². The van der Waals surface area contributed by atoms with Gasteiger partial charge in [0.05, 0.1) is 11.3 Å². The second kappa shape index (κ2) is 5.14. The molecule has 7 heteroatoms. The van der Waals surface area contributed by atoms with Gasteiger partial charge in [-0.25, -0.2) is 0 Å². The minimum absolute atomic E-state index is 0.0872. The van der Waals surface area contributed by atoms with Gasteiger partial charge >= 0.3 is 10.2 Å². The van der Waals surface area contributed by atoms with Crippen molar-refractivity contribution in [1.29, 1.82) is 0 Å². The van der Waals surface area contributed by atoms with Crippen LogP contribution >= 0.6 is 0 Å². The van der Waals surface area contributed by atoms with E-state index in [1.807, 2.05) is 30.5 Å². The first-order valence-electron chi connectivity index (χ1n) is 6.67. The van der Waals surface area contributed by atoms with Crippen molar-refractivity contribution in [3.63, 3.8) is 0 Å². The van der Waals surface area contributed by atoms with E-state index in [-0.39, 0.29) is 18.9 Å². The normalized spacial score (nSPS) is 19.6. The number of nitrogens with zero attached hydrogens (tertiary/aromatic N) is 1. The summed E-state index contributed by atoms with van der Waals surface area (Å²) in [5.74, 6) is -1.18. The number of para-hydroxylation sites is 1. The maximum absolute atomic E-state index is 12.7. The molecule has 3 rings (SSSR count). The molecule has 0 aliphatic carbocycles. The number of rotatable bonds is 4. The number of fused-ring (bicyclic) bond motifs is 1. The van der Waals surface area contributed by atoms with Crippen molar-refractivity contribution in [3.8, 4) is 0 Å². The van der Waals surface area contributed by atoms with E-state index in [1.54, 1.807) is 4.90 Å². The first-order chi connectivity index (χ1) is 9.92. The molecule has 0 radical (unpaired) electrons. The third-order valence-electron chi connectivity index (χ3n) is 3.76. The molecule has 1 aromatic carbocycles. The molecule has 0 spiro atoms. The van der Waals surface area contributed by atoms with Crippen LogP contribution in [0.4, 0.5) is 3.89 Å². The van der Waals surface area contributed by atoms with E-state index in [9.17, 15) is 17.1 Å². The fraction of sp³-hybridized carbons (Fsp3) is 0.357. The lowest BCUT2D eigenvalue weighted by Crippen LogP contribution is -2.25. The number of aromatic amines is 1. The summed E-state index contributed by atoms with van der Waals surface area (Å²) in [7, 11) is -4.54. The van der Waals surface area contributed by atoms with Crippen LogP contribution in [0.1, 0.15) is 12.0 Å². The number of hydrogen-bond acceptors (Lipinski definition) is 3. The molecule has 0 bridgehead atoms. The van der Waals surface area contributed by atoms with E-state index >= 15 is 0 Å². The van der Waals surface area contributed by atoms with Crippen molar-refractivity contribution >= 4 is 27.0 Å². The van der Waals surface area contributed by atoms with Gasteiger partial charge in [0.25, 0.3) is 0 Å². The molecule has 1 aliphatic rings. The van der Waals surface area contributed by atoms with Gasteiger partial charge in [-0.05, 0) is 17.0 Å². The van der Waals surface area contributed by atoms with Crippen molar-refractivity contribution in [3.05, 3.63) is 36.0 Å². The Labute approximate surface area is 122 Å². The summed E-state index contributed by atoms with van der Waals surface area (Å²) >= 11 is 0. The van der Waals surface area contributed by atoms with Crippen LogP contribution in [0, 0.1) is 5.92 Å². The molecule has 1 aromatic heterocycles. The van der Waals surface area contributed by atoms with Crippen LogP contribution in [-0.4, -0.2) is 36.5 Å². The van der Waals surface area contributed by atoms with Crippen molar-refractivity contribution in [2.45, 2.75) is 13.0 Å². The Morgan fingerprint density at radius 2 is 2.14 bits per heavy atom. The highest BCUT2D eigenvalue weighted by Gasteiger charge is 2.32. The fourth-order valence-electron chi connectivity index (χ4n) is 2.89. The average molecular weight is 310 g/mol. The minimum atomic E-state index is -4.54. The Morgan fingerprint density at radius 1 is 1.33 bits per heavy atom. The van der Waals surface area contributed by atoms with E-state index in [0.717, 1.165) is 16.5 Å². The lowest BCUT2D eigenvalue weighted by Gasteiger charge is -2.17. The molecule has 1 amide bonds. The number of H-pyrrole nitrogens is 1. The molecule has 2 aromatic rings. The molecular formula is C14H15FN2O3S. The van der Waals surface area contributed by atoms with Crippen molar-refractivity contribution < 1.29 is 17.1 Å².